The zero-order chi connectivity index (χ0) is 11.5. The van der Waals surface area contributed by atoms with Crippen LogP contribution in [-0.2, 0) is 16.0 Å². The van der Waals surface area contributed by atoms with E-state index in [9.17, 15) is 4.79 Å². The average Bonchev–Trinajstić information content (AvgIpc) is 2.64. The molecule has 0 heterocycles. The number of esters is 1. The zero-order valence-electron chi connectivity index (χ0n) is 9.33. The standard InChI is InChI=1S/C13H15ClO2/c1-2-16-13(15)8-9-6-7-11-10(9)4-3-5-12(11)14/h3-5,9H,2,6-8H2,1H3/t9-/m1/s1. The molecule has 0 aromatic heterocycles. The van der Waals surface area contributed by atoms with Crippen LogP contribution in [0, 0.1) is 0 Å². The van der Waals surface area contributed by atoms with Gasteiger partial charge in [-0.15, -0.1) is 0 Å². The highest BCUT2D eigenvalue weighted by Crippen LogP contribution is 2.38. The molecule has 0 fully saturated rings. The molecule has 0 saturated heterocycles. The molecule has 0 N–H and O–H groups in total. The molecule has 16 heavy (non-hydrogen) atoms. The molecular formula is C13H15ClO2. The van der Waals surface area contributed by atoms with Crippen molar-refractivity contribution in [1.82, 2.24) is 0 Å². The van der Waals surface area contributed by atoms with Gasteiger partial charge in [0.15, 0.2) is 0 Å². The number of ether oxygens (including phenoxy) is 1. The number of carbonyl (C=O) groups excluding carboxylic acids is 1. The van der Waals surface area contributed by atoms with Crippen LogP contribution in [0.5, 0.6) is 0 Å². The number of rotatable bonds is 3. The Labute approximate surface area is 101 Å². The molecule has 0 amide bonds. The van der Waals surface area contributed by atoms with Crippen LogP contribution in [0.4, 0.5) is 0 Å². The molecule has 0 saturated carbocycles. The molecule has 0 bridgehead atoms. The van der Waals surface area contributed by atoms with E-state index in [4.69, 9.17) is 16.3 Å². The summed E-state index contributed by atoms with van der Waals surface area (Å²) in [6.45, 7) is 2.28. The van der Waals surface area contributed by atoms with Crippen molar-refractivity contribution in [3.05, 3.63) is 34.3 Å². The van der Waals surface area contributed by atoms with E-state index < -0.39 is 0 Å². The minimum absolute atomic E-state index is 0.111. The smallest absolute Gasteiger partial charge is 0.306 e. The van der Waals surface area contributed by atoms with Crippen molar-refractivity contribution in [3.8, 4) is 0 Å². The van der Waals surface area contributed by atoms with E-state index in [1.165, 1.54) is 11.1 Å². The second-order valence-electron chi connectivity index (χ2n) is 4.05. The lowest BCUT2D eigenvalue weighted by atomic mass is 9.98. The summed E-state index contributed by atoms with van der Waals surface area (Å²) in [7, 11) is 0. The summed E-state index contributed by atoms with van der Waals surface area (Å²) in [4.78, 5) is 11.4. The highest BCUT2D eigenvalue weighted by atomic mass is 35.5. The van der Waals surface area contributed by atoms with Crippen molar-refractivity contribution in [3.63, 3.8) is 0 Å². The Bertz CT molecular complexity index is 401. The summed E-state index contributed by atoms with van der Waals surface area (Å²) < 4.78 is 4.98. The van der Waals surface area contributed by atoms with Gasteiger partial charge in [0.1, 0.15) is 0 Å². The monoisotopic (exact) mass is 238 g/mol. The third-order valence-corrected chi connectivity index (χ3v) is 3.41. The predicted molar refractivity (Wildman–Crippen MR) is 63.8 cm³/mol. The van der Waals surface area contributed by atoms with Gasteiger partial charge >= 0.3 is 5.97 Å². The van der Waals surface area contributed by atoms with Crippen LogP contribution in [0.25, 0.3) is 0 Å². The number of hydrogen-bond donors (Lipinski definition) is 0. The van der Waals surface area contributed by atoms with E-state index in [0.717, 1.165) is 17.9 Å². The minimum Gasteiger partial charge on any atom is -0.466 e. The normalized spacial score (nSPS) is 18.2. The molecule has 0 radical (unpaired) electrons. The minimum atomic E-state index is -0.111. The first-order chi connectivity index (χ1) is 7.72. The second kappa shape index (κ2) is 4.88. The van der Waals surface area contributed by atoms with Crippen LogP contribution < -0.4 is 0 Å². The number of fused-ring (bicyclic) bond motifs is 1. The largest absolute Gasteiger partial charge is 0.466 e. The summed E-state index contributed by atoms with van der Waals surface area (Å²) >= 11 is 6.12. The van der Waals surface area contributed by atoms with Crippen molar-refractivity contribution in [1.29, 1.82) is 0 Å². The summed E-state index contributed by atoms with van der Waals surface area (Å²) in [5.74, 6) is 0.174. The fourth-order valence-electron chi connectivity index (χ4n) is 2.33. The van der Waals surface area contributed by atoms with E-state index in [1.807, 2.05) is 19.1 Å². The van der Waals surface area contributed by atoms with Crippen molar-refractivity contribution < 1.29 is 9.53 Å². The third kappa shape index (κ3) is 2.22. The average molecular weight is 239 g/mol. The number of benzene rings is 1. The fourth-order valence-corrected chi connectivity index (χ4v) is 2.61. The van der Waals surface area contributed by atoms with Gasteiger partial charge in [0.2, 0.25) is 0 Å². The molecule has 2 nitrogen and oxygen atoms in total. The van der Waals surface area contributed by atoms with Gasteiger partial charge in [0.05, 0.1) is 13.0 Å². The Balaban J connectivity index is 2.12. The maximum atomic E-state index is 11.4. The Hall–Kier alpha value is -1.02. The lowest BCUT2D eigenvalue weighted by Gasteiger charge is -2.10. The second-order valence-corrected chi connectivity index (χ2v) is 4.46. The molecule has 2 rings (SSSR count). The van der Waals surface area contributed by atoms with E-state index in [1.54, 1.807) is 0 Å². The molecule has 1 atom stereocenters. The van der Waals surface area contributed by atoms with Crippen LogP contribution in [-0.4, -0.2) is 12.6 Å². The Morgan fingerprint density at radius 1 is 1.56 bits per heavy atom. The Kier molecular flexibility index (Phi) is 3.49. The summed E-state index contributed by atoms with van der Waals surface area (Å²) in [5.41, 5.74) is 2.43. The van der Waals surface area contributed by atoms with Crippen LogP contribution in [0.2, 0.25) is 5.02 Å². The Morgan fingerprint density at radius 2 is 2.38 bits per heavy atom. The first-order valence-corrected chi connectivity index (χ1v) is 6.03. The summed E-state index contributed by atoms with van der Waals surface area (Å²) in [6.07, 6.45) is 2.44. The lowest BCUT2D eigenvalue weighted by molar-refractivity contribution is -0.143. The van der Waals surface area contributed by atoms with Crippen molar-refractivity contribution in [2.24, 2.45) is 0 Å². The highest BCUT2D eigenvalue weighted by Gasteiger charge is 2.26. The molecular weight excluding hydrogens is 224 g/mol. The van der Waals surface area contributed by atoms with Crippen molar-refractivity contribution in [2.45, 2.75) is 32.1 Å². The van der Waals surface area contributed by atoms with Gasteiger partial charge < -0.3 is 4.74 Å². The molecule has 86 valence electrons. The van der Waals surface area contributed by atoms with Crippen molar-refractivity contribution >= 4 is 17.6 Å². The number of halogens is 1. The van der Waals surface area contributed by atoms with E-state index in [0.29, 0.717) is 13.0 Å². The zero-order valence-corrected chi connectivity index (χ0v) is 10.1. The topological polar surface area (TPSA) is 26.3 Å². The summed E-state index contributed by atoms with van der Waals surface area (Å²) in [5, 5.41) is 0.823. The maximum absolute atomic E-state index is 11.4. The van der Waals surface area contributed by atoms with Crippen LogP contribution in [0.15, 0.2) is 18.2 Å². The molecule has 0 unspecified atom stereocenters. The number of hydrogen-bond acceptors (Lipinski definition) is 2. The van der Waals surface area contributed by atoms with Gasteiger partial charge in [-0.25, -0.2) is 0 Å². The molecule has 1 aliphatic carbocycles. The van der Waals surface area contributed by atoms with Crippen molar-refractivity contribution in [2.75, 3.05) is 6.61 Å². The van der Waals surface area contributed by atoms with E-state index in [2.05, 4.69) is 6.07 Å². The lowest BCUT2D eigenvalue weighted by Crippen LogP contribution is -2.08. The number of carbonyl (C=O) groups is 1. The SMILES string of the molecule is CCOC(=O)C[C@H]1CCc2c(Cl)cccc21. The molecule has 1 aromatic carbocycles. The summed E-state index contributed by atoms with van der Waals surface area (Å²) in [6, 6.07) is 5.93. The van der Waals surface area contributed by atoms with E-state index >= 15 is 0 Å². The van der Waals surface area contributed by atoms with Crippen LogP contribution in [0.1, 0.15) is 36.8 Å². The first-order valence-electron chi connectivity index (χ1n) is 5.65. The molecule has 1 aliphatic rings. The van der Waals surface area contributed by atoms with Crippen LogP contribution >= 0.6 is 11.6 Å². The van der Waals surface area contributed by atoms with Gasteiger partial charge in [0, 0.05) is 5.02 Å². The predicted octanol–water partition coefficient (Wildman–Crippen LogP) is 3.32. The van der Waals surface area contributed by atoms with Gasteiger partial charge in [0.25, 0.3) is 0 Å². The third-order valence-electron chi connectivity index (χ3n) is 3.06. The molecule has 1 aromatic rings. The Morgan fingerprint density at radius 3 is 3.12 bits per heavy atom. The van der Waals surface area contributed by atoms with Gasteiger partial charge in [-0.1, -0.05) is 23.7 Å². The molecule has 3 heteroatoms. The highest BCUT2D eigenvalue weighted by molar-refractivity contribution is 6.31. The van der Waals surface area contributed by atoms with Gasteiger partial charge in [-0.05, 0) is 42.9 Å². The van der Waals surface area contributed by atoms with Gasteiger partial charge in [-0.3, -0.25) is 4.79 Å². The molecule has 0 spiro atoms. The first kappa shape index (κ1) is 11.5. The quantitative estimate of drug-likeness (QED) is 0.755. The van der Waals surface area contributed by atoms with E-state index in [-0.39, 0.29) is 11.9 Å². The maximum Gasteiger partial charge on any atom is 0.306 e. The van der Waals surface area contributed by atoms with Crippen LogP contribution in [0.3, 0.4) is 0 Å². The molecule has 0 aliphatic heterocycles. The van der Waals surface area contributed by atoms with Gasteiger partial charge in [-0.2, -0.15) is 0 Å². The fraction of sp³-hybridized carbons (Fsp3) is 0.462.